The van der Waals surface area contributed by atoms with Gasteiger partial charge in [-0.2, -0.15) is 5.10 Å². The van der Waals surface area contributed by atoms with Crippen LogP contribution in [0.5, 0.6) is 0 Å². The minimum atomic E-state index is -0.122. The van der Waals surface area contributed by atoms with Gasteiger partial charge in [0.2, 0.25) is 0 Å². The molecule has 1 aliphatic rings. The Kier molecular flexibility index (Phi) is 5.98. The van der Waals surface area contributed by atoms with Crippen LogP contribution in [0.3, 0.4) is 0 Å². The number of aromatic nitrogens is 2. The van der Waals surface area contributed by atoms with E-state index in [2.05, 4.69) is 15.3 Å². The molecule has 1 aromatic heterocycles. The third-order valence-corrected chi connectivity index (χ3v) is 3.74. The SMILES string of the molecule is COCCNCc1c(C)nn(C)c1N1CCOC(CO)C1. The fourth-order valence-electron chi connectivity index (χ4n) is 2.70. The summed E-state index contributed by atoms with van der Waals surface area (Å²) in [6.45, 7) is 6.49. The van der Waals surface area contributed by atoms with E-state index >= 15 is 0 Å². The smallest absolute Gasteiger partial charge is 0.131 e. The quantitative estimate of drug-likeness (QED) is 0.671. The summed E-state index contributed by atoms with van der Waals surface area (Å²) in [7, 11) is 3.66. The number of aliphatic hydroxyl groups is 1. The molecule has 7 nitrogen and oxygen atoms in total. The van der Waals surface area contributed by atoms with Crippen molar-refractivity contribution in [2.75, 3.05) is 51.5 Å². The van der Waals surface area contributed by atoms with Gasteiger partial charge in [0.25, 0.3) is 0 Å². The van der Waals surface area contributed by atoms with Crippen LogP contribution in [0, 0.1) is 6.92 Å². The highest BCUT2D eigenvalue weighted by molar-refractivity contribution is 5.50. The number of aliphatic hydroxyl groups excluding tert-OH is 1. The topological polar surface area (TPSA) is 71.8 Å². The molecule has 1 fully saturated rings. The molecule has 1 aromatic rings. The van der Waals surface area contributed by atoms with E-state index in [1.165, 1.54) is 5.56 Å². The molecule has 2 N–H and O–H groups in total. The summed E-state index contributed by atoms with van der Waals surface area (Å²) >= 11 is 0. The van der Waals surface area contributed by atoms with Crippen molar-refractivity contribution in [3.8, 4) is 0 Å². The molecule has 2 rings (SSSR count). The van der Waals surface area contributed by atoms with Crippen LogP contribution in [0.4, 0.5) is 5.82 Å². The van der Waals surface area contributed by atoms with Crippen molar-refractivity contribution in [2.24, 2.45) is 7.05 Å². The zero-order valence-corrected chi connectivity index (χ0v) is 13.1. The van der Waals surface area contributed by atoms with Crippen LogP contribution < -0.4 is 10.2 Å². The van der Waals surface area contributed by atoms with Crippen LogP contribution >= 0.6 is 0 Å². The van der Waals surface area contributed by atoms with E-state index in [-0.39, 0.29) is 12.7 Å². The zero-order chi connectivity index (χ0) is 15.2. The predicted molar refractivity (Wildman–Crippen MR) is 80.6 cm³/mol. The number of hydrogen-bond donors (Lipinski definition) is 2. The summed E-state index contributed by atoms with van der Waals surface area (Å²) < 4.78 is 12.5. The molecule has 0 spiro atoms. The van der Waals surface area contributed by atoms with Gasteiger partial charge in [-0.1, -0.05) is 0 Å². The molecular weight excluding hydrogens is 272 g/mol. The van der Waals surface area contributed by atoms with E-state index in [9.17, 15) is 5.11 Å². The lowest BCUT2D eigenvalue weighted by Crippen LogP contribution is -2.45. The number of nitrogens with zero attached hydrogens (tertiary/aromatic N) is 3. The highest BCUT2D eigenvalue weighted by atomic mass is 16.5. The molecule has 1 saturated heterocycles. The molecule has 0 bridgehead atoms. The van der Waals surface area contributed by atoms with Gasteiger partial charge in [-0.05, 0) is 6.92 Å². The number of morpholine rings is 1. The Morgan fingerprint density at radius 1 is 1.52 bits per heavy atom. The lowest BCUT2D eigenvalue weighted by molar-refractivity contribution is 0.00314. The fourth-order valence-corrected chi connectivity index (χ4v) is 2.70. The Labute approximate surface area is 125 Å². The van der Waals surface area contributed by atoms with Crippen molar-refractivity contribution in [3.63, 3.8) is 0 Å². The molecule has 0 saturated carbocycles. The molecule has 0 amide bonds. The second-order valence-electron chi connectivity index (χ2n) is 5.30. The summed E-state index contributed by atoms with van der Waals surface area (Å²) in [5, 5.41) is 17.2. The van der Waals surface area contributed by atoms with Crippen molar-refractivity contribution in [1.29, 1.82) is 0 Å². The Hall–Kier alpha value is -1.15. The average molecular weight is 298 g/mol. The normalized spacial score (nSPS) is 19.2. The van der Waals surface area contributed by atoms with Gasteiger partial charge in [0.1, 0.15) is 5.82 Å². The Bertz CT molecular complexity index is 450. The van der Waals surface area contributed by atoms with Crippen LogP contribution in [0.1, 0.15) is 11.3 Å². The predicted octanol–water partition coefficient (Wildman–Crippen LogP) is -0.338. The standard InChI is InChI=1S/C14H26N4O3/c1-11-13(8-15-4-6-20-3)14(17(2)16-11)18-5-7-21-12(9-18)10-19/h12,15,19H,4-10H2,1-3H3. The van der Waals surface area contributed by atoms with Crippen molar-refractivity contribution >= 4 is 5.82 Å². The Morgan fingerprint density at radius 3 is 3.05 bits per heavy atom. The first-order chi connectivity index (χ1) is 10.2. The summed E-state index contributed by atoms with van der Waals surface area (Å²) in [6.07, 6.45) is -0.122. The van der Waals surface area contributed by atoms with E-state index in [4.69, 9.17) is 9.47 Å². The third kappa shape index (κ3) is 3.94. The molecule has 7 heteroatoms. The van der Waals surface area contributed by atoms with Crippen LogP contribution in [-0.2, 0) is 23.1 Å². The number of rotatable bonds is 7. The summed E-state index contributed by atoms with van der Waals surface area (Å²) in [5.74, 6) is 1.11. The Balaban J connectivity index is 2.10. The number of ether oxygens (including phenoxy) is 2. The molecule has 21 heavy (non-hydrogen) atoms. The van der Waals surface area contributed by atoms with Crippen molar-refractivity contribution in [3.05, 3.63) is 11.3 Å². The molecule has 0 aliphatic carbocycles. The van der Waals surface area contributed by atoms with Gasteiger partial charge in [0, 0.05) is 45.9 Å². The van der Waals surface area contributed by atoms with Gasteiger partial charge >= 0.3 is 0 Å². The number of hydrogen-bond acceptors (Lipinski definition) is 6. The molecule has 1 unspecified atom stereocenters. The molecule has 1 aliphatic heterocycles. The highest BCUT2D eigenvalue weighted by Gasteiger charge is 2.25. The minimum Gasteiger partial charge on any atom is -0.394 e. The van der Waals surface area contributed by atoms with Crippen molar-refractivity contribution in [2.45, 2.75) is 19.6 Å². The molecule has 2 heterocycles. The molecular formula is C14H26N4O3. The van der Waals surface area contributed by atoms with E-state index in [0.717, 1.165) is 31.1 Å². The van der Waals surface area contributed by atoms with E-state index in [0.29, 0.717) is 19.8 Å². The van der Waals surface area contributed by atoms with Gasteiger partial charge in [-0.15, -0.1) is 0 Å². The maximum atomic E-state index is 9.30. The maximum Gasteiger partial charge on any atom is 0.131 e. The van der Waals surface area contributed by atoms with Gasteiger partial charge in [-0.3, -0.25) is 4.68 Å². The second kappa shape index (κ2) is 7.74. The summed E-state index contributed by atoms with van der Waals surface area (Å²) in [6, 6.07) is 0. The Morgan fingerprint density at radius 2 is 2.33 bits per heavy atom. The van der Waals surface area contributed by atoms with Crippen LogP contribution in [-0.4, -0.2) is 67.6 Å². The molecule has 0 aromatic carbocycles. The minimum absolute atomic E-state index is 0.0504. The summed E-state index contributed by atoms with van der Waals surface area (Å²) in [5.41, 5.74) is 2.23. The van der Waals surface area contributed by atoms with Gasteiger partial charge < -0.3 is 24.8 Å². The van der Waals surface area contributed by atoms with Crippen LogP contribution in [0.15, 0.2) is 0 Å². The van der Waals surface area contributed by atoms with Gasteiger partial charge in [-0.25, -0.2) is 0 Å². The first kappa shape index (κ1) is 16.2. The molecule has 0 radical (unpaired) electrons. The molecule has 120 valence electrons. The first-order valence-electron chi connectivity index (χ1n) is 7.37. The number of anilines is 1. The number of methoxy groups -OCH3 is 1. The van der Waals surface area contributed by atoms with Crippen LogP contribution in [0.25, 0.3) is 0 Å². The second-order valence-corrected chi connectivity index (χ2v) is 5.30. The number of aryl methyl sites for hydroxylation is 2. The monoisotopic (exact) mass is 298 g/mol. The highest BCUT2D eigenvalue weighted by Crippen LogP contribution is 2.25. The van der Waals surface area contributed by atoms with Gasteiger partial charge in [0.05, 0.1) is 31.6 Å². The van der Waals surface area contributed by atoms with Crippen LogP contribution in [0.2, 0.25) is 0 Å². The lowest BCUT2D eigenvalue weighted by atomic mass is 10.2. The van der Waals surface area contributed by atoms with Crippen molar-refractivity contribution < 1.29 is 14.6 Å². The van der Waals surface area contributed by atoms with E-state index < -0.39 is 0 Å². The van der Waals surface area contributed by atoms with Crippen molar-refractivity contribution in [1.82, 2.24) is 15.1 Å². The third-order valence-electron chi connectivity index (χ3n) is 3.74. The fraction of sp³-hybridized carbons (Fsp3) is 0.786. The summed E-state index contributed by atoms with van der Waals surface area (Å²) in [4.78, 5) is 2.25. The lowest BCUT2D eigenvalue weighted by Gasteiger charge is -2.34. The largest absolute Gasteiger partial charge is 0.394 e. The van der Waals surface area contributed by atoms with Gasteiger partial charge in [0.15, 0.2) is 0 Å². The zero-order valence-electron chi connectivity index (χ0n) is 13.1. The average Bonchev–Trinajstić information content (AvgIpc) is 2.77. The molecule has 1 atom stereocenters. The van der Waals surface area contributed by atoms with E-state index in [1.807, 2.05) is 18.7 Å². The van der Waals surface area contributed by atoms with E-state index in [1.54, 1.807) is 7.11 Å². The number of nitrogens with one attached hydrogen (secondary N) is 1. The maximum absolute atomic E-state index is 9.30. The first-order valence-corrected chi connectivity index (χ1v) is 7.37.